The molecule has 2 aromatic rings. The normalized spacial score (nSPS) is 12.6. The maximum atomic E-state index is 12.3. The highest BCUT2D eigenvalue weighted by Crippen LogP contribution is 2.31. The summed E-state index contributed by atoms with van der Waals surface area (Å²) >= 11 is 0. The van der Waals surface area contributed by atoms with Gasteiger partial charge < -0.3 is 19.7 Å². The van der Waals surface area contributed by atoms with Crippen LogP contribution in [0, 0.1) is 0 Å². The van der Waals surface area contributed by atoms with E-state index in [-0.39, 0.29) is 11.8 Å². The number of fused-ring (bicyclic) bond motifs is 1. The molecule has 6 nitrogen and oxygen atoms in total. The molecule has 1 heterocycles. The van der Waals surface area contributed by atoms with E-state index < -0.39 is 0 Å². The minimum absolute atomic E-state index is 0.0126. The molecule has 1 aliphatic heterocycles. The van der Waals surface area contributed by atoms with Crippen LogP contribution >= 0.6 is 0 Å². The van der Waals surface area contributed by atoms with Crippen LogP contribution in [0.15, 0.2) is 48.5 Å². The van der Waals surface area contributed by atoms with Crippen LogP contribution in [0.2, 0.25) is 0 Å². The van der Waals surface area contributed by atoms with E-state index in [1.165, 1.54) is 6.08 Å². The van der Waals surface area contributed by atoms with Crippen LogP contribution in [0.4, 0.5) is 5.69 Å². The quantitative estimate of drug-likeness (QED) is 0.778. The second kappa shape index (κ2) is 9.08. The van der Waals surface area contributed by atoms with Crippen molar-refractivity contribution in [3.8, 4) is 11.5 Å². The van der Waals surface area contributed by atoms with Gasteiger partial charge in [0.15, 0.2) is 11.5 Å². The lowest BCUT2D eigenvalue weighted by atomic mass is 10.1. The Morgan fingerprint density at radius 2 is 1.68 bits per heavy atom. The molecular weight excluding hydrogens is 356 g/mol. The number of rotatable bonds is 6. The summed E-state index contributed by atoms with van der Waals surface area (Å²) in [4.78, 5) is 26.2. The van der Waals surface area contributed by atoms with Crippen LogP contribution < -0.4 is 14.8 Å². The number of hydrogen-bond donors (Lipinski definition) is 1. The molecule has 2 amide bonds. The van der Waals surface area contributed by atoms with Gasteiger partial charge in [0.05, 0.1) is 0 Å². The monoisotopic (exact) mass is 380 g/mol. The van der Waals surface area contributed by atoms with Gasteiger partial charge in [-0.05, 0) is 61.9 Å². The molecule has 0 unspecified atom stereocenters. The van der Waals surface area contributed by atoms with Crippen molar-refractivity contribution in [1.82, 2.24) is 4.90 Å². The molecule has 1 N–H and O–H groups in total. The van der Waals surface area contributed by atoms with E-state index >= 15 is 0 Å². The third kappa shape index (κ3) is 4.71. The predicted octanol–water partition coefficient (Wildman–Crippen LogP) is 3.59. The van der Waals surface area contributed by atoms with Crippen LogP contribution in [0.1, 0.15) is 29.8 Å². The molecule has 0 atom stereocenters. The van der Waals surface area contributed by atoms with Gasteiger partial charge in [-0.1, -0.05) is 6.07 Å². The summed E-state index contributed by atoms with van der Waals surface area (Å²) < 4.78 is 11.0. The van der Waals surface area contributed by atoms with Gasteiger partial charge in [0.1, 0.15) is 13.2 Å². The van der Waals surface area contributed by atoms with Crippen LogP contribution in [0.25, 0.3) is 6.08 Å². The van der Waals surface area contributed by atoms with E-state index in [0.717, 1.165) is 5.56 Å². The number of carbonyl (C=O) groups is 2. The minimum Gasteiger partial charge on any atom is -0.486 e. The fraction of sp³-hybridized carbons (Fsp3) is 0.273. The zero-order valence-corrected chi connectivity index (χ0v) is 16.1. The molecular formula is C22H24N2O4. The van der Waals surface area contributed by atoms with Crippen molar-refractivity contribution >= 4 is 23.6 Å². The summed E-state index contributed by atoms with van der Waals surface area (Å²) in [5, 5.41) is 2.79. The Hall–Kier alpha value is -3.28. The maximum Gasteiger partial charge on any atom is 0.253 e. The molecule has 0 saturated heterocycles. The van der Waals surface area contributed by atoms with E-state index in [2.05, 4.69) is 5.32 Å². The Labute approximate surface area is 164 Å². The lowest BCUT2D eigenvalue weighted by molar-refractivity contribution is -0.111. The van der Waals surface area contributed by atoms with Gasteiger partial charge >= 0.3 is 0 Å². The van der Waals surface area contributed by atoms with Gasteiger partial charge in [-0.15, -0.1) is 0 Å². The van der Waals surface area contributed by atoms with Crippen molar-refractivity contribution < 1.29 is 19.1 Å². The Bertz CT molecular complexity index is 871. The first-order chi connectivity index (χ1) is 13.6. The highest BCUT2D eigenvalue weighted by Gasteiger charge is 2.12. The molecule has 146 valence electrons. The Morgan fingerprint density at radius 3 is 2.36 bits per heavy atom. The number of nitrogens with one attached hydrogen (secondary N) is 1. The molecule has 2 aromatic carbocycles. The summed E-state index contributed by atoms with van der Waals surface area (Å²) in [5.74, 6) is 1.13. The van der Waals surface area contributed by atoms with Crippen molar-refractivity contribution in [2.75, 3.05) is 31.6 Å². The number of ether oxygens (including phenoxy) is 2. The second-order valence-corrected chi connectivity index (χ2v) is 6.28. The highest BCUT2D eigenvalue weighted by atomic mass is 16.6. The van der Waals surface area contributed by atoms with E-state index in [9.17, 15) is 9.59 Å². The molecule has 3 rings (SSSR count). The summed E-state index contributed by atoms with van der Waals surface area (Å²) in [6.07, 6.45) is 3.17. The first-order valence-corrected chi connectivity index (χ1v) is 9.38. The van der Waals surface area contributed by atoms with E-state index in [0.29, 0.717) is 49.1 Å². The Balaban J connectivity index is 1.60. The molecule has 28 heavy (non-hydrogen) atoms. The lowest BCUT2D eigenvalue weighted by Crippen LogP contribution is -2.30. The largest absolute Gasteiger partial charge is 0.486 e. The molecule has 0 fully saturated rings. The zero-order valence-electron chi connectivity index (χ0n) is 16.1. The van der Waals surface area contributed by atoms with Crippen molar-refractivity contribution in [3.05, 3.63) is 59.7 Å². The van der Waals surface area contributed by atoms with Gasteiger partial charge in [-0.2, -0.15) is 0 Å². The minimum atomic E-state index is -0.252. The van der Waals surface area contributed by atoms with E-state index in [1.807, 2.05) is 32.0 Å². The topological polar surface area (TPSA) is 67.9 Å². The van der Waals surface area contributed by atoms with E-state index in [1.54, 1.807) is 35.2 Å². The van der Waals surface area contributed by atoms with Gasteiger partial charge in [-0.3, -0.25) is 9.59 Å². The van der Waals surface area contributed by atoms with Gasteiger partial charge in [0, 0.05) is 30.4 Å². The van der Waals surface area contributed by atoms with E-state index in [4.69, 9.17) is 9.47 Å². The average molecular weight is 380 g/mol. The predicted molar refractivity (Wildman–Crippen MR) is 109 cm³/mol. The van der Waals surface area contributed by atoms with Crippen molar-refractivity contribution in [3.63, 3.8) is 0 Å². The molecule has 1 aliphatic rings. The summed E-state index contributed by atoms with van der Waals surface area (Å²) in [6.45, 7) is 6.29. The van der Waals surface area contributed by atoms with Crippen molar-refractivity contribution in [1.29, 1.82) is 0 Å². The highest BCUT2D eigenvalue weighted by molar-refractivity contribution is 6.02. The smallest absolute Gasteiger partial charge is 0.253 e. The Kier molecular flexibility index (Phi) is 6.32. The third-order valence-corrected chi connectivity index (χ3v) is 4.44. The third-order valence-electron chi connectivity index (χ3n) is 4.44. The Morgan fingerprint density at radius 1 is 1.00 bits per heavy atom. The molecule has 0 aromatic heterocycles. The summed E-state index contributed by atoms with van der Waals surface area (Å²) in [7, 11) is 0. The van der Waals surface area contributed by atoms with Gasteiger partial charge in [0.2, 0.25) is 5.91 Å². The average Bonchev–Trinajstić information content (AvgIpc) is 2.73. The van der Waals surface area contributed by atoms with Gasteiger partial charge in [0.25, 0.3) is 5.91 Å². The first-order valence-electron chi connectivity index (χ1n) is 9.38. The molecule has 0 spiro atoms. The maximum absolute atomic E-state index is 12.3. The second-order valence-electron chi connectivity index (χ2n) is 6.28. The molecule has 6 heteroatoms. The number of nitrogens with zero attached hydrogens (tertiary/aromatic N) is 1. The fourth-order valence-electron chi connectivity index (χ4n) is 2.91. The first kappa shape index (κ1) is 19.5. The lowest BCUT2D eigenvalue weighted by Gasteiger charge is -2.18. The number of carbonyl (C=O) groups excluding carboxylic acids is 2. The summed E-state index contributed by atoms with van der Waals surface area (Å²) in [5.41, 5.74) is 2.08. The summed E-state index contributed by atoms with van der Waals surface area (Å²) in [6, 6.07) is 12.4. The van der Waals surface area contributed by atoms with Crippen molar-refractivity contribution in [2.45, 2.75) is 13.8 Å². The molecule has 0 aliphatic carbocycles. The number of benzene rings is 2. The number of hydrogen-bond acceptors (Lipinski definition) is 4. The fourth-order valence-corrected chi connectivity index (χ4v) is 2.91. The molecule has 0 radical (unpaired) electrons. The SMILES string of the molecule is CCN(CC)C(=O)c1ccc(NC(=O)/C=C/c2ccc3c(c2)OCCO3)cc1. The van der Waals surface area contributed by atoms with Crippen molar-refractivity contribution in [2.24, 2.45) is 0 Å². The van der Waals surface area contributed by atoms with Crippen LogP contribution in [0.3, 0.4) is 0 Å². The molecule has 0 bridgehead atoms. The van der Waals surface area contributed by atoms with Gasteiger partial charge in [-0.25, -0.2) is 0 Å². The number of amides is 2. The molecule has 0 saturated carbocycles. The van der Waals surface area contributed by atoms with Crippen LogP contribution in [0.5, 0.6) is 11.5 Å². The van der Waals surface area contributed by atoms with Crippen LogP contribution in [-0.2, 0) is 4.79 Å². The standard InChI is InChI=1S/C22H24N2O4/c1-3-24(4-2)22(26)17-7-9-18(10-8-17)23-21(25)12-6-16-5-11-19-20(15-16)28-14-13-27-19/h5-12,15H,3-4,13-14H2,1-2H3,(H,23,25)/b12-6+. The van der Waals surface area contributed by atoms with Crippen LogP contribution in [-0.4, -0.2) is 43.0 Å². The zero-order chi connectivity index (χ0) is 19.9. The number of anilines is 1.